The predicted molar refractivity (Wildman–Crippen MR) is 95.2 cm³/mol. The summed E-state index contributed by atoms with van der Waals surface area (Å²) in [5, 5.41) is 3.64. The molecule has 0 spiro atoms. The topological polar surface area (TPSA) is 73.9 Å². The Kier molecular flexibility index (Phi) is 4.03. The van der Waals surface area contributed by atoms with Gasteiger partial charge in [0.2, 0.25) is 5.91 Å². The van der Waals surface area contributed by atoms with Crippen LogP contribution in [0.4, 0.5) is 5.13 Å². The number of amides is 1. The van der Waals surface area contributed by atoms with Gasteiger partial charge >= 0.3 is 0 Å². The van der Waals surface area contributed by atoms with Gasteiger partial charge in [-0.15, -0.1) is 11.3 Å². The molecule has 0 saturated carbocycles. The highest BCUT2D eigenvalue weighted by molar-refractivity contribution is 7.15. The molecule has 0 atom stereocenters. The lowest BCUT2D eigenvalue weighted by Crippen LogP contribution is -2.25. The van der Waals surface area contributed by atoms with E-state index in [9.17, 15) is 4.79 Å². The number of fused-ring (bicyclic) bond motifs is 2. The quantitative estimate of drug-likeness (QED) is 0.765. The molecule has 0 fully saturated rings. The maximum atomic E-state index is 12.2. The lowest BCUT2D eigenvalue weighted by molar-refractivity contribution is -0.116. The zero-order chi connectivity index (χ0) is 16.5. The second-order valence-electron chi connectivity index (χ2n) is 6.13. The number of likely N-dealkylation sites (N-methyl/N-ethyl adjacent to an activating group) is 1. The first kappa shape index (κ1) is 15.3. The number of thiazole rings is 1. The molecule has 1 amide bonds. The molecule has 0 bridgehead atoms. The first-order chi connectivity index (χ1) is 11.7. The van der Waals surface area contributed by atoms with E-state index in [0.717, 1.165) is 42.1 Å². The van der Waals surface area contributed by atoms with Gasteiger partial charge in [-0.2, -0.15) is 0 Å². The minimum atomic E-state index is -0.0186. The van der Waals surface area contributed by atoms with Crippen molar-refractivity contribution < 1.29 is 4.79 Å². The summed E-state index contributed by atoms with van der Waals surface area (Å²) < 4.78 is 0. The average molecular weight is 341 g/mol. The minimum Gasteiger partial charge on any atom is -0.342 e. The first-order valence-corrected chi connectivity index (χ1v) is 8.89. The van der Waals surface area contributed by atoms with Gasteiger partial charge in [-0.25, -0.2) is 9.97 Å². The van der Waals surface area contributed by atoms with Crippen molar-refractivity contribution in [3.05, 3.63) is 40.7 Å². The maximum absolute atomic E-state index is 12.2. The summed E-state index contributed by atoms with van der Waals surface area (Å²) in [6.45, 7) is 1.94. The van der Waals surface area contributed by atoms with Gasteiger partial charge in [-0.1, -0.05) is 12.1 Å². The van der Waals surface area contributed by atoms with E-state index in [2.05, 4.69) is 32.2 Å². The Morgan fingerprint density at radius 2 is 2.25 bits per heavy atom. The number of aromatic nitrogens is 3. The van der Waals surface area contributed by atoms with Gasteiger partial charge in [0.1, 0.15) is 5.82 Å². The molecule has 0 unspecified atom stereocenters. The number of para-hydroxylation sites is 2. The molecule has 3 aromatic rings. The second kappa shape index (κ2) is 6.33. The molecule has 0 aliphatic carbocycles. The Hall–Kier alpha value is -2.25. The van der Waals surface area contributed by atoms with Crippen molar-refractivity contribution in [2.24, 2.45) is 0 Å². The summed E-state index contributed by atoms with van der Waals surface area (Å²) in [6.07, 6.45) is 1.94. The average Bonchev–Trinajstić information content (AvgIpc) is 3.15. The summed E-state index contributed by atoms with van der Waals surface area (Å²) >= 11 is 1.58. The number of anilines is 1. The summed E-state index contributed by atoms with van der Waals surface area (Å²) in [5.74, 6) is 0.821. The fourth-order valence-corrected chi connectivity index (χ4v) is 4.02. The van der Waals surface area contributed by atoms with Crippen molar-refractivity contribution >= 4 is 33.4 Å². The summed E-state index contributed by atoms with van der Waals surface area (Å²) in [4.78, 5) is 28.0. The number of hydrogen-bond donors (Lipinski definition) is 2. The fourth-order valence-electron chi connectivity index (χ4n) is 2.91. The molecule has 7 heteroatoms. The van der Waals surface area contributed by atoms with Gasteiger partial charge in [0.05, 0.1) is 16.7 Å². The SMILES string of the molecule is CN1CCc2nc(NC(=O)CCc3nc4ccccc4[nH]3)sc2C1. The third kappa shape index (κ3) is 3.18. The highest BCUT2D eigenvalue weighted by Crippen LogP contribution is 2.27. The number of carbonyl (C=O) groups is 1. The van der Waals surface area contributed by atoms with E-state index in [-0.39, 0.29) is 5.91 Å². The number of imidazole rings is 1. The molecule has 4 rings (SSSR count). The number of H-pyrrole nitrogens is 1. The molecular weight excluding hydrogens is 322 g/mol. The lowest BCUT2D eigenvalue weighted by Gasteiger charge is -2.20. The number of carbonyl (C=O) groups excluding carboxylic acids is 1. The molecule has 1 aromatic carbocycles. The van der Waals surface area contributed by atoms with E-state index in [1.165, 1.54) is 4.88 Å². The molecule has 3 heterocycles. The van der Waals surface area contributed by atoms with E-state index in [1.54, 1.807) is 11.3 Å². The van der Waals surface area contributed by atoms with Crippen LogP contribution in [0.15, 0.2) is 24.3 Å². The van der Waals surface area contributed by atoms with E-state index < -0.39 is 0 Å². The molecule has 0 saturated heterocycles. The van der Waals surface area contributed by atoms with Crippen molar-refractivity contribution in [1.29, 1.82) is 0 Å². The fraction of sp³-hybridized carbons (Fsp3) is 0.353. The summed E-state index contributed by atoms with van der Waals surface area (Å²) in [6, 6.07) is 7.88. The summed E-state index contributed by atoms with van der Waals surface area (Å²) in [7, 11) is 2.11. The zero-order valence-electron chi connectivity index (χ0n) is 13.5. The highest BCUT2D eigenvalue weighted by atomic mass is 32.1. The van der Waals surface area contributed by atoms with E-state index >= 15 is 0 Å². The number of aryl methyl sites for hydroxylation is 1. The Morgan fingerprint density at radius 1 is 1.38 bits per heavy atom. The molecular formula is C17H19N5OS. The van der Waals surface area contributed by atoms with Crippen LogP contribution >= 0.6 is 11.3 Å². The molecule has 124 valence electrons. The summed E-state index contributed by atoms with van der Waals surface area (Å²) in [5.41, 5.74) is 3.07. The molecule has 6 nitrogen and oxygen atoms in total. The van der Waals surface area contributed by atoms with Crippen LogP contribution in [0.2, 0.25) is 0 Å². The number of aromatic amines is 1. The van der Waals surface area contributed by atoms with Crippen LogP contribution in [-0.2, 0) is 24.2 Å². The van der Waals surface area contributed by atoms with Crippen LogP contribution in [0.3, 0.4) is 0 Å². The molecule has 24 heavy (non-hydrogen) atoms. The highest BCUT2D eigenvalue weighted by Gasteiger charge is 2.19. The number of hydrogen-bond acceptors (Lipinski definition) is 5. The van der Waals surface area contributed by atoms with Crippen molar-refractivity contribution in [3.8, 4) is 0 Å². The third-order valence-electron chi connectivity index (χ3n) is 4.20. The van der Waals surface area contributed by atoms with Crippen molar-refractivity contribution in [1.82, 2.24) is 19.9 Å². The van der Waals surface area contributed by atoms with Crippen LogP contribution in [0.5, 0.6) is 0 Å². The Labute approximate surface area is 143 Å². The Bertz CT molecular complexity index is 851. The van der Waals surface area contributed by atoms with Crippen LogP contribution < -0.4 is 5.32 Å². The van der Waals surface area contributed by atoms with Gasteiger partial charge in [-0.05, 0) is 19.2 Å². The molecule has 0 radical (unpaired) electrons. The van der Waals surface area contributed by atoms with Crippen molar-refractivity contribution in [2.75, 3.05) is 18.9 Å². The number of benzene rings is 1. The molecule has 2 aromatic heterocycles. The van der Waals surface area contributed by atoms with E-state index in [0.29, 0.717) is 18.0 Å². The van der Waals surface area contributed by atoms with E-state index in [1.807, 2.05) is 24.3 Å². The number of nitrogens with zero attached hydrogens (tertiary/aromatic N) is 3. The Balaban J connectivity index is 1.36. The molecule has 1 aliphatic heterocycles. The minimum absolute atomic E-state index is 0.0186. The first-order valence-electron chi connectivity index (χ1n) is 8.08. The van der Waals surface area contributed by atoms with Crippen LogP contribution in [0.1, 0.15) is 22.8 Å². The third-order valence-corrected chi connectivity index (χ3v) is 5.19. The molecule has 1 aliphatic rings. The smallest absolute Gasteiger partial charge is 0.226 e. The van der Waals surface area contributed by atoms with Crippen molar-refractivity contribution in [3.63, 3.8) is 0 Å². The van der Waals surface area contributed by atoms with Crippen LogP contribution in [0.25, 0.3) is 11.0 Å². The van der Waals surface area contributed by atoms with Gasteiger partial charge < -0.3 is 15.2 Å². The number of rotatable bonds is 4. The van der Waals surface area contributed by atoms with Crippen LogP contribution in [0, 0.1) is 0 Å². The predicted octanol–water partition coefficient (Wildman–Crippen LogP) is 2.58. The Morgan fingerprint density at radius 3 is 3.12 bits per heavy atom. The zero-order valence-corrected chi connectivity index (χ0v) is 14.3. The van der Waals surface area contributed by atoms with Gasteiger partial charge in [-0.3, -0.25) is 4.79 Å². The van der Waals surface area contributed by atoms with Gasteiger partial charge in [0.25, 0.3) is 0 Å². The van der Waals surface area contributed by atoms with E-state index in [4.69, 9.17) is 0 Å². The van der Waals surface area contributed by atoms with Gasteiger partial charge in [0, 0.05) is 37.2 Å². The van der Waals surface area contributed by atoms with Crippen LogP contribution in [-0.4, -0.2) is 39.4 Å². The maximum Gasteiger partial charge on any atom is 0.226 e. The van der Waals surface area contributed by atoms with Gasteiger partial charge in [0.15, 0.2) is 5.13 Å². The lowest BCUT2D eigenvalue weighted by atomic mass is 10.2. The molecule has 2 N–H and O–H groups in total. The normalized spacial score (nSPS) is 14.7. The standard InChI is InChI=1S/C17H19N5OS/c1-22-9-8-13-14(10-22)24-17(20-13)21-16(23)7-6-15-18-11-4-2-3-5-12(11)19-15/h2-5H,6-10H2,1H3,(H,18,19)(H,20,21,23). The number of nitrogens with one attached hydrogen (secondary N) is 2. The largest absolute Gasteiger partial charge is 0.342 e. The second-order valence-corrected chi connectivity index (χ2v) is 7.21. The monoisotopic (exact) mass is 341 g/mol. The van der Waals surface area contributed by atoms with Crippen molar-refractivity contribution in [2.45, 2.75) is 25.8 Å².